The zero-order valence-corrected chi connectivity index (χ0v) is 12.2. The predicted molar refractivity (Wildman–Crippen MR) is 70.2 cm³/mol. The maximum absolute atomic E-state index is 11.7. The van der Waals surface area contributed by atoms with Crippen molar-refractivity contribution in [1.29, 1.82) is 10.5 Å². The molecule has 0 aromatic heterocycles. The van der Waals surface area contributed by atoms with Crippen molar-refractivity contribution in [3.63, 3.8) is 0 Å². The van der Waals surface area contributed by atoms with Gasteiger partial charge in [0.05, 0.1) is 25.4 Å². The van der Waals surface area contributed by atoms with Crippen molar-refractivity contribution < 1.29 is 19.1 Å². The van der Waals surface area contributed by atoms with Crippen molar-refractivity contribution in [3.05, 3.63) is 0 Å². The van der Waals surface area contributed by atoms with Gasteiger partial charge in [-0.25, -0.2) is 0 Å². The molecule has 6 nitrogen and oxygen atoms in total. The van der Waals surface area contributed by atoms with Gasteiger partial charge in [-0.05, 0) is 24.7 Å². The Morgan fingerprint density at radius 2 is 1.33 bits per heavy atom. The molecule has 0 bridgehead atoms. The first-order valence-corrected chi connectivity index (χ1v) is 7.10. The lowest BCUT2D eigenvalue weighted by atomic mass is 10.1. The first-order chi connectivity index (χ1) is 9.93. The molecule has 4 unspecified atom stereocenters. The lowest BCUT2D eigenvalue weighted by Gasteiger charge is -2.10. The van der Waals surface area contributed by atoms with Gasteiger partial charge in [0.1, 0.15) is 0 Å². The second-order valence-electron chi connectivity index (χ2n) is 6.00. The minimum absolute atomic E-state index is 0.0414. The summed E-state index contributed by atoms with van der Waals surface area (Å²) in [5.74, 6) is -0.902. The third-order valence-electron chi connectivity index (χ3n) is 4.50. The molecular formula is C15H18N2O4. The van der Waals surface area contributed by atoms with Crippen molar-refractivity contribution in [3.8, 4) is 12.1 Å². The number of carbonyl (C=O) groups excluding carboxylic acids is 2. The topological polar surface area (TPSA) is 100 Å². The maximum Gasteiger partial charge on any atom is 0.326 e. The first-order valence-electron chi connectivity index (χ1n) is 7.10. The molecule has 2 aliphatic carbocycles. The average molecular weight is 290 g/mol. The van der Waals surface area contributed by atoms with Gasteiger partial charge in [-0.3, -0.25) is 9.59 Å². The molecule has 0 aliphatic heterocycles. The Labute approximate surface area is 123 Å². The summed E-state index contributed by atoms with van der Waals surface area (Å²) in [6.45, 7) is 3.89. The van der Waals surface area contributed by atoms with Crippen LogP contribution in [0.5, 0.6) is 0 Å². The van der Waals surface area contributed by atoms with Gasteiger partial charge in [-0.1, -0.05) is 13.8 Å². The van der Waals surface area contributed by atoms with Crippen molar-refractivity contribution in [2.45, 2.75) is 33.1 Å². The second kappa shape index (κ2) is 5.37. The number of nitrogens with zero attached hydrogens (tertiary/aromatic N) is 2. The zero-order chi connectivity index (χ0) is 15.7. The Balaban J connectivity index is 1.64. The lowest BCUT2D eigenvalue weighted by molar-refractivity contribution is -0.151. The molecule has 2 fully saturated rings. The summed E-state index contributed by atoms with van der Waals surface area (Å²) in [6, 6.07) is 4.01. The highest BCUT2D eigenvalue weighted by molar-refractivity contribution is 5.84. The normalized spacial score (nSPS) is 36.0. The van der Waals surface area contributed by atoms with Gasteiger partial charge in [0.2, 0.25) is 0 Å². The highest BCUT2D eigenvalue weighted by Crippen LogP contribution is 2.53. The van der Waals surface area contributed by atoms with Crippen LogP contribution in [0, 0.1) is 45.3 Å². The number of esters is 2. The van der Waals surface area contributed by atoms with Gasteiger partial charge >= 0.3 is 11.9 Å². The molecule has 0 radical (unpaired) electrons. The molecule has 0 N–H and O–H groups in total. The van der Waals surface area contributed by atoms with E-state index >= 15 is 0 Å². The molecule has 0 aromatic rings. The van der Waals surface area contributed by atoms with Crippen LogP contribution in [0.25, 0.3) is 0 Å². The Hall–Kier alpha value is -2.08. The fraction of sp³-hybridized carbons (Fsp3) is 0.733. The molecule has 0 saturated heterocycles. The van der Waals surface area contributed by atoms with Crippen molar-refractivity contribution in [1.82, 2.24) is 0 Å². The summed E-state index contributed by atoms with van der Waals surface area (Å²) in [7, 11) is 0. The van der Waals surface area contributed by atoms with Gasteiger partial charge in [0.15, 0.2) is 10.8 Å². The fourth-order valence-corrected chi connectivity index (χ4v) is 2.47. The third kappa shape index (κ3) is 2.58. The van der Waals surface area contributed by atoms with E-state index in [1.54, 1.807) is 0 Å². The largest absolute Gasteiger partial charge is 0.464 e. The minimum atomic E-state index is -0.967. The molecule has 21 heavy (non-hydrogen) atoms. The number of rotatable bonds is 6. The number of carbonyl (C=O) groups is 2. The quantitative estimate of drug-likeness (QED) is 0.543. The van der Waals surface area contributed by atoms with Crippen LogP contribution in [0.1, 0.15) is 33.1 Å². The van der Waals surface area contributed by atoms with E-state index in [-0.39, 0.29) is 25.0 Å². The number of ether oxygens (including phenoxy) is 2. The van der Waals surface area contributed by atoms with E-state index in [0.717, 1.165) is 0 Å². The van der Waals surface area contributed by atoms with Crippen LogP contribution in [-0.2, 0) is 19.1 Å². The fourth-order valence-electron chi connectivity index (χ4n) is 2.47. The molecule has 2 rings (SSSR count). The highest BCUT2D eigenvalue weighted by atomic mass is 16.5. The number of nitriles is 2. The first kappa shape index (κ1) is 15.3. The van der Waals surface area contributed by atoms with Gasteiger partial charge in [-0.15, -0.1) is 0 Å². The molecule has 0 spiro atoms. The Morgan fingerprint density at radius 1 is 1.00 bits per heavy atom. The summed E-state index contributed by atoms with van der Waals surface area (Å²) < 4.78 is 10.1. The van der Waals surface area contributed by atoms with Gasteiger partial charge < -0.3 is 9.47 Å². The molecular weight excluding hydrogens is 272 g/mol. The van der Waals surface area contributed by atoms with E-state index in [4.69, 9.17) is 20.0 Å². The third-order valence-corrected chi connectivity index (χ3v) is 4.50. The molecule has 0 heterocycles. The average Bonchev–Trinajstić information content (AvgIpc) is 3.34. The summed E-state index contributed by atoms with van der Waals surface area (Å²) in [5.41, 5.74) is -1.93. The summed E-state index contributed by atoms with van der Waals surface area (Å²) in [4.78, 5) is 23.5. The van der Waals surface area contributed by atoms with E-state index < -0.39 is 22.8 Å². The summed E-state index contributed by atoms with van der Waals surface area (Å²) >= 11 is 0. The van der Waals surface area contributed by atoms with E-state index in [0.29, 0.717) is 19.3 Å². The number of hydrogen-bond donors (Lipinski definition) is 0. The highest BCUT2D eigenvalue weighted by Gasteiger charge is 2.60. The maximum atomic E-state index is 11.7. The lowest BCUT2D eigenvalue weighted by Crippen LogP contribution is -2.22. The van der Waals surface area contributed by atoms with Gasteiger partial charge in [-0.2, -0.15) is 10.5 Å². The van der Waals surface area contributed by atoms with Crippen LogP contribution in [0.15, 0.2) is 0 Å². The SMILES string of the molecule is CC1CC1(C#N)C(=O)OCCCOC(=O)C1(C#N)CC1C. The summed E-state index contributed by atoms with van der Waals surface area (Å²) in [6.07, 6.45) is 1.45. The van der Waals surface area contributed by atoms with Crippen LogP contribution in [0.3, 0.4) is 0 Å². The Bertz CT molecular complexity index is 499. The van der Waals surface area contributed by atoms with E-state index in [2.05, 4.69) is 0 Å². The number of hydrogen-bond acceptors (Lipinski definition) is 6. The molecule has 2 saturated carbocycles. The van der Waals surface area contributed by atoms with Gasteiger partial charge in [0.25, 0.3) is 0 Å². The summed E-state index contributed by atoms with van der Waals surface area (Å²) in [5, 5.41) is 17.9. The van der Waals surface area contributed by atoms with E-state index in [1.165, 1.54) is 0 Å². The van der Waals surface area contributed by atoms with Gasteiger partial charge in [0, 0.05) is 6.42 Å². The Kier molecular flexibility index (Phi) is 3.91. The standard InChI is InChI=1S/C15H18N2O4/c1-10-6-14(10,8-16)12(18)20-4-3-5-21-13(19)15(9-17)7-11(15)2/h10-11H,3-7H2,1-2H3. The van der Waals surface area contributed by atoms with Crippen LogP contribution in [0.4, 0.5) is 0 Å². The monoisotopic (exact) mass is 290 g/mol. The van der Waals surface area contributed by atoms with E-state index in [9.17, 15) is 9.59 Å². The molecule has 2 aliphatic rings. The molecule has 6 heteroatoms. The Morgan fingerprint density at radius 3 is 1.57 bits per heavy atom. The van der Waals surface area contributed by atoms with Crippen LogP contribution in [-0.4, -0.2) is 25.2 Å². The minimum Gasteiger partial charge on any atom is -0.464 e. The van der Waals surface area contributed by atoms with Crippen molar-refractivity contribution >= 4 is 11.9 Å². The predicted octanol–water partition coefficient (Wildman–Crippen LogP) is 1.56. The molecule has 0 aromatic carbocycles. The van der Waals surface area contributed by atoms with Crippen molar-refractivity contribution in [2.24, 2.45) is 22.7 Å². The van der Waals surface area contributed by atoms with Crippen LogP contribution >= 0.6 is 0 Å². The van der Waals surface area contributed by atoms with E-state index in [1.807, 2.05) is 26.0 Å². The van der Waals surface area contributed by atoms with Crippen molar-refractivity contribution in [2.75, 3.05) is 13.2 Å². The van der Waals surface area contributed by atoms with Crippen LogP contribution in [0.2, 0.25) is 0 Å². The second-order valence-corrected chi connectivity index (χ2v) is 6.00. The van der Waals surface area contributed by atoms with Crippen LogP contribution < -0.4 is 0 Å². The smallest absolute Gasteiger partial charge is 0.326 e. The molecule has 4 atom stereocenters. The molecule has 0 amide bonds. The molecule has 112 valence electrons. The zero-order valence-electron chi connectivity index (χ0n) is 12.2.